The zero-order valence-corrected chi connectivity index (χ0v) is 14.0. The molecular weight excluding hydrogens is 320 g/mol. The molecule has 128 valence electrons. The maximum Gasteiger partial charge on any atom is 0.249 e. The number of nitrogens with two attached hydrogens (primary N) is 1. The van der Waals surface area contributed by atoms with E-state index in [1.165, 1.54) is 0 Å². The molecule has 1 aliphatic heterocycles. The number of benzene rings is 1. The first-order chi connectivity index (χ1) is 12.0. The van der Waals surface area contributed by atoms with Gasteiger partial charge < -0.3 is 15.2 Å². The topological polar surface area (TPSA) is 92.3 Å². The standard InChI is InChI=1S/C18H18N4O3/c1-10(2)22-18-13(9-20-22)12(17(19)23)8-14(21-18)11-3-4-15-16(7-11)25-6-5-24-15/h3-4,7-10H,5-6H2,1-2H3,(H2,19,23). The van der Waals surface area contributed by atoms with Gasteiger partial charge in [0.15, 0.2) is 17.1 Å². The molecule has 1 aromatic carbocycles. The van der Waals surface area contributed by atoms with Crippen molar-refractivity contribution in [3.8, 4) is 22.8 Å². The molecule has 0 atom stereocenters. The van der Waals surface area contributed by atoms with Gasteiger partial charge in [-0.3, -0.25) is 4.79 Å². The SMILES string of the molecule is CC(C)n1ncc2c(C(N)=O)cc(-c3ccc4c(c3)OCCO4)nc21. The van der Waals surface area contributed by atoms with E-state index in [0.29, 0.717) is 47.0 Å². The molecule has 0 saturated carbocycles. The number of carbonyl (C=O) groups excluding carboxylic acids is 1. The fraction of sp³-hybridized carbons (Fsp3) is 0.278. The van der Waals surface area contributed by atoms with Crippen LogP contribution in [0.2, 0.25) is 0 Å². The van der Waals surface area contributed by atoms with Crippen molar-refractivity contribution in [1.82, 2.24) is 14.8 Å². The van der Waals surface area contributed by atoms with Crippen molar-refractivity contribution in [3.05, 3.63) is 36.0 Å². The van der Waals surface area contributed by atoms with Gasteiger partial charge in [-0.1, -0.05) is 0 Å². The van der Waals surface area contributed by atoms with Gasteiger partial charge in [0.05, 0.1) is 22.8 Å². The van der Waals surface area contributed by atoms with Gasteiger partial charge in [-0.2, -0.15) is 5.10 Å². The van der Waals surface area contributed by atoms with E-state index in [1.807, 2.05) is 32.0 Å². The Bertz CT molecular complexity index is 978. The number of aromatic nitrogens is 3. The summed E-state index contributed by atoms with van der Waals surface area (Å²) >= 11 is 0. The second-order valence-electron chi connectivity index (χ2n) is 6.20. The number of hydrogen-bond donors (Lipinski definition) is 1. The summed E-state index contributed by atoms with van der Waals surface area (Å²) in [7, 11) is 0. The molecule has 0 saturated heterocycles. The second-order valence-corrected chi connectivity index (χ2v) is 6.20. The lowest BCUT2D eigenvalue weighted by molar-refractivity contribution is 0.100. The molecule has 3 aromatic rings. The van der Waals surface area contributed by atoms with E-state index in [1.54, 1.807) is 16.9 Å². The Morgan fingerprint density at radius 3 is 2.68 bits per heavy atom. The zero-order chi connectivity index (χ0) is 17.6. The van der Waals surface area contributed by atoms with Crippen molar-refractivity contribution in [3.63, 3.8) is 0 Å². The summed E-state index contributed by atoms with van der Waals surface area (Å²) in [6, 6.07) is 7.41. The Hall–Kier alpha value is -3.09. The van der Waals surface area contributed by atoms with Crippen LogP contribution in [0.15, 0.2) is 30.5 Å². The maximum atomic E-state index is 11.9. The summed E-state index contributed by atoms with van der Waals surface area (Å²) < 4.78 is 13.0. The first kappa shape index (κ1) is 15.4. The van der Waals surface area contributed by atoms with E-state index in [4.69, 9.17) is 20.2 Å². The molecular formula is C18H18N4O3. The summed E-state index contributed by atoms with van der Waals surface area (Å²) in [4.78, 5) is 16.6. The first-order valence-electron chi connectivity index (χ1n) is 8.12. The fourth-order valence-electron chi connectivity index (χ4n) is 2.95. The number of ether oxygens (including phenoxy) is 2. The predicted octanol–water partition coefficient (Wildman–Crippen LogP) is 2.55. The molecule has 3 heterocycles. The molecule has 1 aliphatic rings. The number of fused-ring (bicyclic) bond motifs is 2. The molecule has 2 aromatic heterocycles. The minimum atomic E-state index is -0.505. The molecule has 4 rings (SSSR count). The fourth-order valence-corrected chi connectivity index (χ4v) is 2.95. The highest BCUT2D eigenvalue weighted by Gasteiger charge is 2.18. The van der Waals surface area contributed by atoms with E-state index >= 15 is 0 Å². The predicted molar refractivity (Wildman–Crippen MR) is 92.9 cm³/mol. The molecule has 0 bridgehead atoms. The van der Waals surface area contributed by atoms with Crippen molar-refractivity contribution in [1.29, 1.82) is 0 Å². The Balaban J connectivity index is 1.92. The number of primary amides is 1. The normalized spacial score (nSPS) is 13.4. The van der Waals surface area contributed by atoms with Crippen LogP contribution in [0.5, 0.6) is 11.5 Å². The monoisotopic (exact) mass is 338 g/mol. The highest BCUT2D eigenvalue weighted by atomic mass is 16.6. The van der Waals surface area contributed by atoms with E-state index in [9.17, 15) is 4.79 Å². The van der Waals surface area contributed by atoms with Crippen molar-refractivity contribution in [2.24, 2.45) is 5.73 Å². The second kappa shape index (κ2) is 5.77. The number of nitrogens with zero attached hydrogens (tertiary/aromatic N) is 3. The number of rotatable bonds is 3. The van der Waals surface area contributed by atoms with Gasteiger partial charge in [0.2, 0.25) is 5.91 Å². The molecule has 0 radical (unpaired) electrons. The summed E-state index contributed by atoms with van der Waals surface area (Å²) in [5.74, 6) is 0.872. The van der Waals surface area contributed by atoms with E-state index in [2.05, 4.69) is 5.10 Å². The molecule has 7 heteroatoms. The van der Waals surface area contributed by atoms with E-state index in [-0.39, 0.29) is 6.04 Å². The van der Waals surface area contributed by atoms with Gasteiger partial charge in [-0.15, -0.1) is 0 Å². The molecule has 2 N–H and O–H groups in total. The van der Waals surface area contributed by atoms with Gasteiger partial charge in [0, 0.05) is 11.6 Å². The van der Waals surface area contributed by atoms with Crippen molar-refractivity contribution < 1.29 is 14.3 Å². The highest BCUT2D eigenvalue weighted by Crippen LogP contribution is 2.35. The molecule has 0 unspecified atom stereocenters. The summed E-state index contributed by atoms with van der Waals surface area (Å²) in [5.41, 5.74) is 8.08. The van der Waals surface area contributed by atoms with Crippen LogP contribution in [0.25, 0.3) is 22.3 Å². The summed E-state index contributed by atoms with van der Waals surface area (Å²) in [6.45, 7) is 5.06. The van der Waals surface area contributed by atoms with E-state index in [0.717, 1.165) is 5.56 Å². The van der Waals surface area contributed by atoms with Crippen LogP contribution in [0.1, 0.15) is 30.2 Å². The van der Waals surface area contributed by atoms with Crippen LogP contribution < -0.4 is 15.2 Å². The number of amides is 1. The molecule has 0 fully saturated rings. The average Bonchev–Trinajstić information content (AvgIpc) is 3.04. The van der Waals surface area contributed by atoms with Crippen molar-refractivity contribution in [2.45, 2.75) is 19.9 Å². The number of hydrogen-bond acceptors (Lipinski definition) is 5. The molecule has 25 heavy (non-hydrogen) atoms. The van der Waals surface area contributed by atoms with Crippen molar-refractivity contribution >= 4 is 16.9 Å². The third kappa shape index (κ3) is 2.57. The highest BCUT2D eigenvalue weighted by molar-refractivity contribution is 6.05. The minimum Gasteiger partial charge on any atom is -0.486 e. The smallest absolute Gasteiger partial charge is 0.249 e. The third-order valence-corrected chi connectivity index (χ3v) is 4.16. The van der Waals surface area contributed by atoms with E-state index < -0.39 is 5.91 Å². The van der Waals surface area contributed by atoms with Crippen LogP contribution in [-0.2, 0) is 0 Å². The quantitative estimate of drug-likeness (QED) is 0.792. The van der Waals surface area contributed by atoms with Crippen LogP contribution in [-0.4, -0.2) is 33.9 Å². The Morgan fingerprint density at radius 1 is 1.20 bits per heavy atom. The molecule has 7 nitrogen and oxygen atoms in total. The first-order valence-corrected chi connectivity index (χ1v) is 8.12. The van der Waals surface area contributed by atoms with Gasteiger partial charge in [-0.25, -0.2) is 9.67 Å². The Kier molecular flexibility index (Phi) is 3.56. The lowest BCUT2D eigenvalue weighted by Gasteiger charge is -2.19. The molecule has 0 aliphatic carbocycles. The Labute approximate surface area is 144 Å². The van der Waals surface area contributed by atoms with Crippen LogP contribution in [0, 0.1) is 0 Å². The average molecular weight is 338 g/mol. The Morgan fingerprint density at radius 2 is 1.96 bits per heavy atom. The summed E-state index contributed by atoms with van der Waals surface area (Å²) in [6.07, 6.45) is 1.63. The van der Waals surface area contributed by atoms with Crippen LogP contribution >= 0.6 is 0 Å². The maximum absolute atomic E-state index is 11.9. The molecule has 1 amide bonds. The lowest BCUT2D eigenvalue weighted by Crippen LogP contribution is -2.15. The van der Waals surface area contributed by atoms with Gasteiger partial charge in [-0.05, 0) is 38.1 Å². The minimum absolute atomic E-state index is 0.112. The van der Waals surface area contributed by atoms with Crippen LogP contribution in [0.4, 0.5) is 0 Å². The largest absolute Gasteiger partial charge is 0.486 e. The van der Waals surface area contributed by atoms with Gasteiger partial charge in [0.25, 0.3) is 0 Å². The lowest BCUT2D eigenvalue weighted by atomic mass is 10.1. The summed E-state index contributed by atoms with van der Waals surface area (Å²) in [5, 5.41) is 5.00. The number of carbonyl (C=O) groups is 1. The van der Waals surface area contributed by atoms with Gasteiger partial charge >= 0.3 is 0 Å². The van der Waals surface area contributed by atoms with Gasteiger partial charge in [0.1, 0.15) is 13.2 Å². The molecule has 0 spiro atoms. The number of pyridine rings is 1. The van der Waals surface area contributed by atoms with Crippen molar-refractivity contribution in [2.75, 3.05) is 13.2 Å². The zero-order valence-electron chi connectivity index (χ0n) is 14.0. The third-order valence-electron chi connectivity index (χ3n) is 4.16. The van der Waals surface area contributed by atoms with Crippen LogP contribution in [0.3, 0.4) is 0 Å².